The Balaban J connectivity index is 1.96. The summed E-state index contributed by atoms with van der Waals surface area (Å²) in [6.45, 7) is 3.73. The van der Waals surface area contributed by atoms with Crippen LogP contribution in [0.25, 0.3) is 0 Å². The Labute approximate surface area is 158 Å². The SMILES string of the molecule is CCOC(=O)Cc1csc(S[C@@H](C)C(=O)Nc2ccccc2[N+](=O)[O-])n1. The fraction of sp³-hybridized carbons (Fsp3) is 0.312. The maximum Gasteiger partial charge on any atom is 0.311 e. The second-order valence-electron chi connectivity index (χ2n) is 5.11. The van der Waals surface area contributed by atoms with Gasteiger partial charge in [0.25, 0.3) is 5.69 Å². The number of thiazole rings is 1. The van der Waals surface area contributed by atoms with E-state index in [9.17, 15) is 19.7 Å². The smallest absolute Gasteiger partial charge is 0.311 e. The Morgan fingerprint density at radius 2 is 2.15 bits per heavy atom. The largest absolute Gasteiger partial charge is 0.466 e. The molecule has 0 unspecified atom stereocenters. The summed E-state index contributed by atoms with van der Waals surface area (Å²) in [5.74, 6) is -0.719. The number of rotatable bonds is 8. The molecule has 0 spiro atoms. The number of aromatic nitrogens is 1. The fourth-order valence-electron chi connectivity index (χ4n) is 1.96. The normalized spacial score (nSPS) is 11.6. The number of nitrogens with zero attached hydrogens (tertiary/aromatic N) is 2. The summed E-state index contributed by atoms with van der Waals surface area (Å²) in [6.07, 6.45) is 0.0850. The van der Waals surface area contributed by atoms with Crippen molar-refractivity contribution in [2.24, 2.45) is 0 Å². The number of para-hydroxylation sites is 2. The molecule has 2 aromatic rings. The number of anilines is 1. The van der Waals surface area contributed by atoms with Crippen molar-refractivity contribution in [1.29, 1.82) is 0 Å². The van der Waals surface area contributed by atoms with Crippen LogP contribution < -0.4 is 5.32 Å². The van der Waals surface area contributed by atoms with E-state index in [1.165, 1.54) is 41.3 Å². The van der Waals surface area contributed by atoms with E-state index in [4.69, 9.17) is 4.74 Å². The van der Waals surface area contributed by atoms with Crippen LogP contribution in [0, 0.1) is 10.1 Å². The van der Waals surface area contributed by atoms with Crippen LogP contribution >= 0.6 is 23.1 Å². The quantitative estimate of drug-likeness (QED) is 0.316. The predicted octanol–water partition coefficient (Wildman–Crippen LogP) is 3.28. The Bertz CT molecular complexity index is 809. The third-order valence-corrected chi connectivity index (χ3v) is 5.29. The molecule has 10 heteroatoms. The van der Waals surface area contributed by atoms with Crippen LogP contribution in [0.1, 0.15) is 19.5 Å². The van der Waals surface area contributed by atoms with Gasteiger partial charge in [0, 0.05) is 11.4 Å². The van der Waals surface area contributed by atoms with Crippen molar-refractivity contribution in [2.75, 3.05) is 11.9 Å². The molecule has 1 amide bonds. The number of nitrogens with one attached hydrogen (secondary N) is 1. The third-order valence-electron chi connectivity index (χ3n) is 3.17. The van der Waals surface area contributed by atoms with Gasteiger partial charge in [-0.05, 0) is 19.9 Å². The van der Waals surface area contributed by atoms with Crippen molar-refractivity contribution >= 4 is 46.3 Å². The van der Waals surface area contributed by atoms with Gasteiger partial charge < -0.3 is 10.1 Å². The van der Waals surface area contributed by atoms with E-state index in [-0.39, 0.29) is 29.7 Å². The maximum absolute atomic E-state index is 12.3. The summed E-state index contributed by atoms with van der Waals surface area (Å²) >= 11 is 2.55. The molecule has 0 bridgehead atoms. The van der Waals surface area contributed by atoms with Crippen LogP contribution in [0.2, 0.25) is 0 Å². The van der Waals surface area contributed by atoms with Gasteiger partial charge in [0.15, 0.2) is 4.34 Å². The molecule has 1 aromatic heterocycles. The first-order valence-electron chi connectivity index (χ1n) is 7.71. The Morgan fingerprint density at radius 1 is 1.42 bits per heavy atom. The van der Waals surface area contributed by atoms with E-state index in [0.717, 1.165) is 0 Å². The number of thioether (sulfide) groups is 1. The van der Waals surface area contributed by atoms with Gasteiger partial charge in [0.2, 0.25) is 5.91 Å². The highest BCUT2D eigenvalue weighted by Crippen LogP contribution is 2.29. The molecule has 8 nitrogen and oxygen atoms in total. The molecule has 2 rings (SSSR count). The van der Waals surface area contributed by atoms with E-state index >= 15 is 0 Å². The van der Waals surface area contributed by atoms with Gasteiger partial charge >= 0.3 is 5.97 Å². The van der Waals surface area contributed by atoms with Gasteiger partial charge in [-0.15, -0.1) is 11.3 Å². The Kier molecular flexibility index (Phi) is 7.10. The van der Waals surface area contributed by atoms with Gasteiger partial charge in [-0.1, -0.05) is 23.9 Å². The highest BCUT2D eigenvalue weighted by atomic mass is 32.2. The van der Waals surface area contributed by atoms with Gasteiger partial charge in [-0.25, -0.2) is 4.98 Å². The van der Waals surface area contributed by atoms with Crippen LogP contribution in [-0.2, 0) is 20.7 Å². The molecule has 1 atom stereocenters. The minimum absolute atomic E-state index is 0.0850. The monoisotopic (exact) mass is 395 g/mol. The van der Waals surface area contributed by atoms with Crippen LogP contribution in [0.3, 0.4) is 0 Å². The van der Waals surface area contributed by atoms with Crippen molar-refractivity contribution in [1.82, 2.24) is 4.98 Å². The number of hydrogen-bond acceptors (Lipinski definition) is 8. The zero-order valence-corrected chi connectivity index (χ0v) is 15.8. The second kappa shape index (κ2) is 9.30. The third kappa shape index (κ3) is 5.53. The summed E-state index contributed by atoms with van der Waals surface area (Å²) in [5.41, 5.74) is 0.573. The highest BCUT2D eigenvalue weighted by molar-refractivity contribution is 8.02. The van der Waals surface area contributed by atoms with Gasteiger partial charge in [-0.3, -0.25) is 19.7 Å². The van der Waals surface area contributed by atoms with Crippen LogP contribution in [0.5, 0.6) is 0 Å². The molecule has 0 aliphatic heterocycles. The Morgan fingerprint density at radius 3 is 2.85 bits per heavy atom. The van der Waals surface area contributed by atoms with Crippen LogP contribution in [0.4, 0.5) is 11.4 Å². The Hall–Kier alpha value is -2.46. The van der Waals surface area contributed by atoms with Gasteiger partial charge in [0.05, 0.1) is 28.9 Å². The number of nitro groups is 1. The van der Waals surface area contributed by atoms with E-state index in [1.54, 1.807) is 25.3 Å². The van der Waals surface area contributed by atoms with Crippen molar-refractivity contribution in [3.8, 4) is 0 Å². The first-order valence-corrected chi connectivity index (χ1v) is 9.47. The molecule has 0 saturated carbocycles. The zero-order chi connectivity index (χ0) is 19.1. The van der Waals surface area contributed by atoms with Crippen molar-refractivity contribution in [3.05, 3.63) is 45.5 Å². The lowest BCUT2D eigenvalue weighted by molar-refractivity contribution is -0.383. The molecule has 138 valence electrons. The molecular formula is C16H17N3O5S2. The molecular weight excluding hydrogens is 378 g/mol. The number of esters is 1. The van der Waals surface area contributed by atoms with Crippen LogP contribution in [-0.4, -0.2) is 33.6 Å². The molecule has 26 heavy (non-hydrogen) atoms. The van der Waals surface area contributed by atoms with Gasteiger partial charge in [-0.2, -0.15) is 0 Å². The summed E-state index contributed by atoms with van der Waals surface area (Å²) in [4.78, 5) is 38.5. The lowest BCUT2D eigenvalue weighted by Crippen LogP contribution is -2.22. The van der Waals surface area contributed by atoms with E-state index < -0.39 is 10.2 Å². The highest BCUT2D eigenvalue weighted by Gasteiger charge is 2.21. The summed E-state index contributed by atoms with van der Waals surface area (Å²) in [6, 6.07) is 5.96. The van der Waals surface area contributed by atoms with Crippen molar-refractivity contribution < 1.29 is 19.2 Å². The number of amides is 1. The summed E-state index contributed by atoms with van der Waals surface area (Å²) in [5, 5.41) is 14.8. The molecule has 0 fully saturated rings. The van der Waals surface area contributed by atoms with E-state index in [2.05, 4.69) is 10.3 Å². The molecule has 0 radical (unpaired) electrons. The number of carbonyl (C=O) groups excluding carboxylic acids is 2. The van der Waals surface area contributed by atoms with Gasteiger partial charge in [0.1, 0.15) is 5.69 Å². The number of ether oxygens (including phenoxy) is 1. The fourth-order valence-corrected chi connectivity index (χ4v) is 3.94. The second-order valence-corrected chi connectivity index (χ2v) is 7.56. The molecule has 0 saturated heterocycles. The predicted molar refractivity (Wildman–Crippen MR) is 99.5 cm³/mol. The van der Waals surface area contributed by atoms with E-state index in [1.807, 2.05) is 0 Å². The number of hydrogen-bond donors (Lipinski definition) is 1. The zero-order valence-electron chi connectivity index (χ0n) is 14.1. The van der Waals surface area contributed by atoms with Crippen molar-refractivity contribution in [2.45, 2.75) is 29.9 Å². The maximum atomic E-state index is 12.3. The minimum Gasteiger partial charge on any atom is -0.466 e. The summed E-state index contributed by atoms with van der Waals surface area (Å²) in [7, 11) is 0. The first-order chi connectivity index (χ1) is 12.4. The number of nitro benzene ring substituents is 1. The average molecular weight is 395 g/mol. The summed E-state index contributed by atoms with van der Waals surface area (Å²) < 4.78 is 5.50. The number of benzene rings is 1. The lowest BCUT2D eigenvalue weighted by atomic mass is 10.2. The molecule has 1 aromatic carbocycles. The first kappa shape index (κ1) is 19.9. The van der Waals surface area contributed by atoms with Crippen LogP contribution in [0.15, 0.2) is 34.0 Å². The lowest BCUT2D eigenvalue weighted by Gasteiger charge is -2.10. The molecule has 0 aliphatic carbocycles. The number of carbonyl (C=O) groups is 2. The molecule has 0 aliphatic rings. The minimum atomic E-state index is -0.546. The van der Waals surface area contributed by atoms with E-state index in [0.29, 0.717) is 16.6 Å². The molecule has 1 N–H and O–H groups in total. The van der Waals surface area contributed by atoms with Crippen molar-refractivity contribution in [3.63, 3.8) is 0 Å². The average Bonchev–Trinajstić information content (AvgIpc) is 3.02. The molecule has 1 heterocycles. The standard InChI is InChI=1S/C16H17N3O5S2/c1-3-24-14(20)8-11-9-25-16(17-11)26-10(2)15(21)18-12-6-4-5-7-13(12)19(22)23/h4-7,9-10H,3,8H2,1-2H3,(H,18,21)/t10-/m0/s1. The topological polar surface area (TPSA) is 111 Å².